The van der Waals surface area contributed by atoms with E-state index in [9.17, 15) is 0 Å². The molecule has 0 radical (unpaired) electrons. The molecule has 2 unspecified atom stereocenters. The number of ether oxygens (including phenoxy) is 1. The van der Waals surface area contributed by atoms with Gasteiger partial charge in [0.1, 0.15) is 5.75 Å². The zero-order valence-electron chi connectivity index (χ0n) is 11.7. The third-order valence-corrected chi connectivity index (χ3v) is 4.28. The fourth-order valence-electron chi connectivity index (χ4n) is 2.90. The molecule has 1 aliphatic heterocycles. The molecule has 1 fully saturated rings. The van der Waals surface area contributed by atoms with E-state index < -0.39 is 0 Å². The average Bonchev–Trinajstić information content (AvgIpc) is 2.41. The molecule has 3 nitrogen and oxygen atoms in total. The Labute approximate surface area is 120 Å². The van der Waals surface area contributed by atoms with Gasteiger partial charge in [0.25, 0.3) is 0 Å². The molecule has 0 bridgehead atoms. The van der Waals surface area contributed by atoms with Gasteiger partial charge >= 0.3 is 0 Å². The largest absolute Gasteiger partial charge is 0.496 e. The first-order valence-electron chi connectivity index (χ1n) is 6.94. The van der Waals surface area contributed by atoms with Gasteiger partial charge in [-0.25, -0.2) is 0 Å². The summed E-state index contributed by atoms with van der Waals surface area (Å²) < 4.78 is 5.42. The van der Waals surface area contributed by atoms with Gasteiger partial charge < -0.3 is 10.5 Å². The van der Waals surface area contributed by atoms with Crippen LogP contribution in [0.4, 0.5) is 0 Å². The Bertz CT molecular complexity index is 423. The second-order valence-corrected chi connectivity index (χ2v) is 5.72. The van der Waals surface area contributed by atoms with E-state index in [2.05, 4.69) is 11.8 Å². The van der Waals surface area contributed by atoms with Gasteiger partial charge in [-0.2, -0.15) is 0 Å². The second-order valence-electron chi connectivity index (χ2n) is 5.31. The Balaban J connectivity index is 2.19. The summed E-state index contributed by atoms with van der Waals surface area (Å²) in [6.07, 6.45) is 3.67. The molecule has 4 heteroatoms. The van der Waals surface area contributed by atoms with Crippen molar-refractivity contribution in [1.29, 1.82) is 0 Å². The van der Waals surface area contributed by atoms with Gasteiger partial charge in [-0.3, -0.25) is 4.90 Å². The maximum atomic E-state index is 6.32. The van der Waals surface area contributed by atoms with Crippen molar-refractivity contribution in [3.8, 4) is 5.75 Å². The zero-order chi connectivity index (χ0) is 13.8. The monoisotopic (exact) mass is 282 g/mol. The van der Waals surface area contributed by atoms with E-state index in [0.717, 1.165) is 29.4 Å². The maximum Gasteiger partial charge on any atom is 0.124 e. The summed E-state index contributed by atoms with van der Waals surface area (Å²) in [5.41, 5.74) is 7.18. The van der Waals surface area contributed by atoms with Crippen LogP contribution < -0.4 is 10.5 Å². The Morgan fingerprint density at radius 1 is 1.47 bits per heavy atom. The minimum atomic E-state index is 0.189. The molecule has 2 N–H and O–H groups in total. The first-order valence-corrected chi connectivity index (χ1v) is 7.32. The highest BCUT2D eigenvalue weighted by Gasteiger charge is 2.26. The molecule has 0 saturated carbocycles. The normalized spacial score (nSPS) is 22.2. The fraction of sp³-hybridized carbons (Fsp3) is 0.600. The quantitative estimate of drug-likeness (QED) is 0.922. The van der Waals surface area contributed by atoms with Crippen molar-refractivity contribution in [1.82, 2.24) is 4.90 Å². The van der Waals surface area contributed by atoms with Gasteiger partial charge in [0.05, 0.1) is 7.11 Å². The van der Waals surface area contributed by atoms with Crippen LogP contribution in [0, 0.1) is 0 Å². The molecule has 1 aromatic carbocycles. The van der Waals surface area contributed by atoms with Crippen molar-refractivity contribution in [2.45, 2.75) is 44.8 Å². The number of rotatable bonds is 4. The molecule has 106 valence electrons. The van der Waals surface area contributed by atoms with Crippen molar-refractivity contribution in [3.05, 3.63) is 28.8 Å². The molecular formula is C15H23ClN2O. The van der Waals surface area contributed by atoms with Crippen molar-refractivity contribution >= 4 is 11.6 Å². The Kier molecular flexibility index (Phi) is 5.08. The van der Waals surface area contributed by atoms with E-state index in [-0.39, 0.29) is 6.04 Å². The van der Waals surface area contributed by atoms with Crippen LogP contribution in [0.15, 0.2) is 18.2 Å². The number of halogens is 1. The number of nitrogens with zero attached hydrogens (tertiary/aromatic N) is 1. The number of methoxy groups -OCH3 is 1. The SMILES string of the molecule is COc1cccc(Cl)c1CN1CCCCC1C(C)N. The van der Waals surface area contributed by atoms with Gasteiger partial charge in [-0.05, 0) is 38.4 Å². The summed E-state index contributed by atoms with van der Waals surface area (Å²) in [6.45, 7) is 3.99. The fourth-order valence-corrected chi connectivity index (χ4v) is 3.12. The van der Waals surface area contributed by atoms with Crippen LogP contribution >= 0.6 is 11.6 Å². The van der Waals surface area contributed by atoms with Gasteiger partial charge in [0.15, 0.2) is 0 Å². The lowest BCUT2D eigenvalue weighted by atomic mass is 9.96. The lowest BCUT2D eigenvalue weighted by Crippen LogP contribution is -2.48. The summed E-state index contributed by atoms with van der Waals surface area (Å²) >= 11 is 6.32. The first kappa shape index (κ1) is 14.6. The first-order chi connectivity index (χ1) is 9.13. The average molecular weight is 283 g/mol. The number of piperidine rings is 1. The standard InChI is InChI=1S/C15H23ClN2O/c1-11(17)14-7-3-4-9-18(14)10-12-13(16)6-5-8-15(12)19-2/h5-6,8,11,14H,3-4,7,9-10,17H2,1-2H3. The van der Waals surface area contributed by atoms with Crippen molar-refractivity contribution < 1.29 is 4.74 Å². The predicted octanol–water partition coefficient (Wildman–Crippen LogP) is 3.05. The van der Waals surface area contributed by atoms with Crippen molar-refractivity contribution in [2.24, 2.45) is 5.73 Å². The highest BCUT2D eigenvalue weighted by atomic mass is 35.5. The molecule has 0 aliphatic carbocycles. The molecule has 1 aromatic rings. The molecule has 0 spiro atoms. The summed E-state index contributed by atoms with van der Waals surface area (Å²) in [5.74, 6) is 0.862. The molecule has 2 rings (SSSR count). The van der Waals surface area contributed by atoms with Crippen LogP contribution in [0.3, 0.4) is 0 Å². The van der Waals surface area contributed by atoms with Crippen molar-refractivity contribution in [3.63, 3.8) is 0 Å². The lowest BCUT2D eigenvalue weighted by Gasteiger charge is -2.38. The number of nitrogens with two attached hydrogens (primary N) is 1. The number of likely N-dealkylation sites (tertiary alicyclic amines) is 1. The Hall–Kier alpha value is -0.770. The summed E-state index contributed by atoms with van der Waals surface area (Å²) in [6, 6.07) is 6.43. The Morgan fingerprint density at radius 3 is 2.95 bits per heavy atom. The van der Waals surface area contributed by atoms with Crippen LogP contribution in [-0.2, 0) is 6.54 Å². The topological polar surface area (TPSA) is 38.5 Å². The van der Waals surface area contributed by atoms with E-state index in [1.807, 2.05) is 18.2 Å². The van der Waals surface area contributed by atoms with Gasteiger partial charge in [0.2, 0.25) is 0 Å². The third-order valence-electron chi connectivity index (χ3n) is 3.93. The third kappa shape index (κ3) is 3.41. The minimum Gasteiger partial charge on any atom is -0.496 e. The zero-order valence-corrected chi connectivity index (χ0v) is 12.5. The summed E-state index contributed by atoms with van der Waals surface area (Å²) in [4.78, 5) is 2.44. The Morgan fingerprint density at radius 2 is 2.26 bits per heavy atom. The predicted molar refractivity (Wildman–Crippen MR) is 79.7 cm³/mol. The molecule has 0 amide bonds. The van der Waals surface area contributed by atoms with Crippen LogP contribution in [0.5, 0.6) is 5.75 Å². The van der Waals surface area contributed by atoms with Crippen LogP contribution in [0.25, 0.3) is 0 Å². The maximum absolute atomic E-state index is 6.32. The smallest absolute Gasteiger partial charge is 0.124 e. The molecule has 1 heterocycles. The number of hydrogen-bond acceptors (Lipinski definition) is 3. The van der Waals surface area contributed by atoms with E-state index >= 15 is 0 Å². The number of hydrogen-bond donors (Lipinski definition) is 1. The molecule has 2 atom stereocenters. The van der Waals surface area contributed by atoms with E-state index in [0.29, 0.717) is 6.04 Å². The highest BCUT2D eigenvalue weighted by molar-refractivity contribution is 6.31. The van der Waals surface area contributed by atoms with Gasteiger partial charge in [-0.15, -0.1) is 0 Å². The second kappa shape index (κ2) is 6.60. The molecule has 0 aromatic heterocycles. The van der Waals surface area contributed by atoms with Gasteiger partial charge in [-0.1, -0.05) is 24.1 Å². The molecule has 1 saturated heterocycles. The van der Waals surface area contributed by atoms with E-state index in [1.54, 1.807) is 7.11 Å². The minimum absolute atomic E-state index is 0.189. The van der Waals surface area contributed by atoms with Crippen LogP contribution in [-0.4, -0.2) is 30.6 Å². The molecule has 1 aliphatic rings. The number of benzene rings is 1. The van der Waals surface area contributed by atoms with Crippen LogP contribution in [0.2, 0.25) is 5.02 Å². The summed E-state index contributed by atoms with van der Waals surface area (Å²) in [7, 11) is 1.69. The van der Waals surface area contributed by atoms with E-state index in [4.69, 9.17) is 22.1 Å². The van der Waals surface area contributed by atoms with Crippen molar-refractivity contribution in [2.75, 3.05) is 13.7 Å². The van der Waals surface area contributed by atoms with Crippen LogP contribution in [0.1, 0.15) is 31.7 Å². The van der Waals surface area contributed by atoms with Gasteiger partial charge in [0, 0.05) is 29.2 Å². The lowest BCUT2D eigenvalue weighted by molar-refractivity contribution is 0.122. The molecular weight excluding hydrogens is 260 g/mol. The van der Waals surface area contributed by atoms with E-state index in [1.165, 1.54) is 19.3 Å². The summed E-state index contributed by atoms with van der Waals surface area (Å²) in [5, 5.41) is 0.772. The highest BCUT2D eigenvalue weighted by Crippen LogP contribution is 2.30. The molecule has 19 heavy (non-hydrogen) atoms.